The number of hydrogen-bond donors (Lipinski definition) is 2. The highest BCUT2D eigenvalue weighted by Crippen LogP contribution is 2.34. The Kier molecular flexibility index (Phi) is 6.91. The van der Waals surface area contributed by atoms with E-state index < -0.39 is 11.7 Å². The average Bonchev–Trinajstić information content (AvgIpc) is 2.79. The normalized spacial score (nSPS) is 11.8. The molecule has 0 atom stereocenters. The van der Waals surface area contributed by atoms with Crippen molar-refractivity contribution in [1.82, 2.24) is 10.3 Å². The van der Waals surface area contributed by atoms with E-state index in [2.05, 4.69) is 10.6 Å². The quantitative estimate of drug-likeness (QED) is 0.222. The smallest absolute Gasteiger partial charge is 0.416 e. The summed E-state index contributed by atoms with van der Waals surface area (Å²) in [5.41, 5.74) is 2.55. The molecule has 0 amide bonds. The third-order valence-electron chi connectivity index (χ3n) is 5.36. The molecule has 0 aliphatic carbocycles. The molecule has 1 aromatic heterocycles. The Morgan fingerprint density at radius 1 is 0.939 bits per heavy atom. The Morgan fingerprint density at radius 3 is 2.58 bits per heavy atom. The lowest BCUT2D eigenvalue weighted by molar-refractivity contribution is -0.137. The van der Waals surface area contributed by atoms with Crippen molar-refractivity contribution >= 4 is 39.1 Å². The Morgan fingerprint density at radius 2 is 1.79 bits per heavy atom. The number of ether oxygens (including phenoxy) is 1. The minimum absolute atomic E-state index is 0.376. The van der Waals surface area contributed by atoms with Crippen molar-refractivity contribution in [2.24, 2.45) is 0 Å². The van der Waals surface area contributed by atoms with Gasteiger partial charge in [0.15, 0.2) is 0 Å². The van der Waals surface area contributed by atoms with Gasteiger partial charge in [-0.3, -0.25) is 0 Å². The number of aromatic nitrogens is 1. The molecule has 0 aliphatic heterocycles. The highest BCUT2D eigenvalue weighted by Gasteiger charge is 2.30. The molecule has 8 heteroatoms. The molecular formula is C25H23ClF3N3O. The molecule has 0 aliphatic rings. The van der Waals surface area contributed by atoms with Crippen LogP contribution in [0.25, 0.3) is 21.8 Å². The minimum Gasteiger partial charge on any atom is -0.497 e. The van der Waals surface area contributed by atoms with Crippen LogP contribution in [-0.2, 0) is 12.7 Å². The SMILES string of the molecule is COc1ccc2nc3cc(Cl)ccc3c(NCCCNCc3cccc(C(F)(F)F)c3)c2c1. The summed E-state index contributed by atoms with van der Waals surface area (Å²) < 4.78 is 44.0. The number of benzene rings is 3. The number of halogens is 4. The molecule has 3 aromatic carbocycles. The number of nitrogens with one attached hydrogen (secondary N) is 2. The maximum absolute atomic E-state index is 12.9. The zero-order chi connectivity index (χ0) is 23.4. The summed E-state index contributed by atoms with van der Waals surface area (Å²) in [7, 11) is 1.62. The molecule has 0 saturated carbocycles. The summed E-state index contributed by atoms with van der Waals surface area (Å²) in [5.74, 6) is 0.739. The fraction of sp³-hybridized carbons (Fsp3) is 0.240. The summed E-state index contributed by atoms with van der Waals surface area (Å²) in [6.45, 7) is 1.70. The molecule has 172 valence electrons. The lowest BCUT2D eigenvalue weighted by Crippen LogP contribution is -2.18. The van der Waals surface area contributed by atoms with Crippen LogP contribution in [0.5, 0.6) is 5.75 Å². The summed E-state index contributed by atoms with van der Waals surface area (Å²) >= 11 is 6.17. The van der Waals surface area contributed by atoms with Crippen LogP contribution >= 0.6 is 11.6 Å². The van der Waals surface area contributed by atoms with Gasteiger partial charge in [0.1, 0.15) is 5.75 Å². The monoisotopic (exact) mass is 473 g/mol. The van der Waals surface area contributed by atoms with Crippen LogP contribution in [-0.4, -0.2) is 25.2 Å². The number of fused-ring (bicyclic) bond motifs is 2. The number of pyridine rings is 1. The van der Waals surface area contributed by atoms with Gasteiger partial charge in [-0.2, -0.15) is 13.2 Å². The number of alkyl halides is 3. The zero-order valence-electron chi connectivity index (χ0n) is 18.0. The fourth-order valence-corrected chi connectivity index (χ4v) is 3.90. The first-order valence-corrected chi connectivity index (χ1v) is 10.9. The van der Waals surface area contributed by atoms with E-state index in [1.54, 1.807) is 13.2 Å². The average molecular weight is 474 g/mol. The molecule has 4 rings (SSSR count). The molecule has 2 N–H and O–H groups in total. The fourth-order valence-electron chi connectivity index (χ4n) is 3.73. The van der Waals surface area contributed by atoms with E-state index in [1.807, 2.05) is 36.4 Å². The lowest BCUT2D eigenvalue weighted by Gasteiger charge is -2.14. The third kappa shape index (κ3) is 5.49. The van der Waals surface area contributed by atoms with Crippen LogP contribution in [0.1, 0.15) is 17.5 Å². The molecule has 0 unspecified atom stereocenters. The van der Waals surface area contributed by atoms with Gasteiger partial charge in [0.25, 0.3) is 0 Å². The van der Waals surface area contributed by atoms with Crippen molar-refractivity contribution in [1.29, 1.82) is 0 Å². The first-order valence-electron chi connectivity index (χ1n) is 10.5. The summed E-state index contributed by atoms with van der Waals surface area (Å²) in [6.07, 6.45) is -3.55. The molecule has 0 fully saturated rings. The van der Waals surface area contributed by atoms with E-state index in [0.29, 0.717) is 30.2 Å². The van der Waals surface area contributed by atoms with Gasteiger partial charge >= 0.3 is 6.18 Å². The molecule has 0 radical (unpaired) electrons. The lowest BCUT2D eigenvalue weighted by atomic mass is 10.1. The molecule has 0 spiro atoms. The third-order valence-corrected chi connectivity index (χ3v) is 5.59. The number of nitrogens with zero attached hydrogens (tertiary/aromatic N) is 1. The zero-order valence-corrected chi connectivity index (χ0v) is 18.7. The van der Waals surface area contributed by atoms with Gasteiger partial charge < -0.3 is 15.4 Å². The van der Waals surface area contributed by atoms with Crippen LogP contribution in [0.4, 0.5) is 18.9 Å². The maximum atomic E-state index is 12.9. The van der Waals surface area contributed by atoms with Gasteiger partial charge in [0.05, 0.1) is 29.4 Å². The topological polar surface area (TPSA) is 46.2 Å². The van der Waals surface area contributed by atoms with Crippen LogP contribution in [0, 0.1) is 0 Å². The van der Waals surface area contributed by atoms with E-state index in [-0.39, 0.29) is 0 Å². The molecule has 0 bridgehead atoms. The number of rotatable bonds is 8. The molecular weight excluding hydrogens is 451 g/mol. The van der Waals surface area contributed by atoms with Crippen LogP contribution in [0.3, 0.4) is 0 Å². The van der Waals surface area contributed by atoms with Gasteiger partial charge in [0, 0.05) is 28.9 Å². The van der Waals surface area contributed by atoms with Gasteiger partial charge in [-0.25, -0.2) is 4.98 Å². The number of hydrogen-bond acceptors (Lipinski definition) is 4. The van der Waals surface area contributed by atoms with Gasteiger partial charge in [-0.1, -0.05) is 29.8 Å². The van der Waals surface area contributed by atoms with Crippen LogP contribution in [0.15, 0.2) is 60.7 Å². The molecule has 0 saturated heterocycles. The standard InChI is InChI=1S/C25H23ClF3N3O/c1-33-19-7-9-22-21(14-19)24(20-8-6-18(26)13-23(20)32-22)31-11-3-10-30-15-16-4-2-5-17(12-16)25(27,28)29/h2,4-9,12-14,30H,3,10-11,15H2,1H3,(H,31,32). The van der Waals surface area contributed by atoms with Crippen LogP contribution in [0.2, 0.25) is 5.02 Å². The van der Waals surface area contributed by atoms with Crippen molar-refractivity contribution < 1.29 is 17.9 Å². The van der Waals surface area contributed by atoms with E-state index >= 15 is 0 Å². The predicted molar refractivity (Wildman–Crippen MR) is 127 cm³/mol. The second-order valence-electron chi connectivity index (χ2n) is 7.69. The summed E-state index contributed by atoms with van der Waals surface area (Å²) in [6, 6.07) is 16.7. The van der Waals surface area contributed by atoms with E-state index in [4.69, 9.17) is 21.3 Å². The Hall–Kier alpha value is -3.03. The largest absolute Gasteiger partial charge is 0.497 e. The van der Waals surface area contributed by atoms with Gasteiger partial charge in [-0.15, -0.1) is 0 Å². The molecule has 1 heterocycles. The maximum Gasteiger partial charge on any atom is 0.416 e. The van der Waals surface area contributed by atoms with Crippen molar-refractivity contribution in [3.8, 4) is 5.75 Å². The van der Waals surface area contributed by atoms with Crippen molar-refractivity contribution in [3.63, 3.8) is 0 Å². The first kappa shape index (κ1) is 23.1. The highest BCUT2D eigenvalue weighted by atomic mass is 35.5. The molecule has 4 aromatic rings. The Balaban J connectivity index is 1.42. The van der Waals surface area contributed by atoms with Gasteiger partial charge in [-0.05, 0) is 61.0 Å². The number of anilines is 1. The Labute approximate surface area is 194 Å². The first-order chi connectivity index (χ1) is 15.8. The highest BCUT2D eigenvalue weighted by molar-refractivity contribution is 6.31. The van der Waals surface area contributed by atoms with E-state index in [0.717, 1.165) is 45.7 Å². The minimum atomic E-state index is -4.33. The second-order valence-corrected chi connectivity index (χ2v) is 8.12. The summed E-state index contributed by atoms with van der Waals surface area (Å²) in [5, 5.41) is 9.23. The second kappa shape index (κ2) is 9.85. The predicted octanol–water partition coefficient (Wildman–Crippen LogP) is 6.66. The Bertz CT molecular complexity index is 1280. The molecule has 4 nitrogen and oxygen atoms in total. The number of methoxy groups -OCH3 is 1. The van der Waals surface area contributed by atoms with Crippen molar-refractivity contribution in [2.45, 2.75) is 19.1 Å². The van der Waals surface area contributed by atoms with Crippen LogP contribution < -0.4 is 15.4 Å². The van der Waals surface area contributed by atoms with Crippen molar-refractivity contribution in [2.75, 3.05) is 25.5 Å². The van der Waals surface area contributed by atoms with E-state index in [1.165, 1.54) is 12.1 Å². The van der Waals surface area contributed by atoms with Crippen molar-refractivity contribution in [3.05, 3.63) is 76.8 Å². The van der Waals surface area contributed by atoms with E-state index in [9.17, 15) is 13.2 Å². The molecule has 33 heavy (non-hydrogen) atoms. The summed E-state index contributed by atoms with van der Waals surface area (Å²) in [4.78, 5) is 4.72. The van der Waals surface area contributed by atoms with Gasteiger partial charge in [0.2, 0.25) is 0 Å².